The number of alkyl halides is 3. The molecule has 10 heteroatoms. The Morgan fingerprint density at radius 2 is 2.10 bits per heavy atom. The molecular weight excluding hydrogens is 327 g/mol. The molecule has 5 nitrogen and oxygen atoms in total. The largest absolute Gasteiger partial charge is 0.417 e. The van der Waals surface area contributed by atoms with Crippen molar-refractivity contribution in [2.75, 3.05) is 5.32 Å². The zero-order valence-corrected chi connectivity index (χ0v) is 11.8. The summed E-state index contributed by atoms with van der Waals surface area (Å²) in [7, 11) is 0. The quantitative estimate of drug-likeness (QED) is 0.717. The lowest BCUT2D eigenvalue weighted by molar-refractivity contribution is -0.137. The number of nitrogens with one attached hydrogen (secondary N) is 2. The second-order valence-corrected chi connectivity index (χ2v) is 5.19. The molecule has 0 fully saturated rings. The first kappa shape index (κ1) is 14.1. The van der Waals surface area contributed by atoms with Crippen molar-refractivity contribution in [2.24, 2.45) is 0 Å². The van der Waals surface area contributed by atoms with Gasteiger partial charge >= 0.3 is 6.18 Å². The maximum atomic E-state index is 12.8. The fourth-order valence-electron chi connectivity index (χ4n) is 1.82. The molecule has 0 bridgehead atoms. The van der Waals surface area contributed by atoms with Crippen molar-refractivity contribution in [1.29, 1.82) is 0 Å². The summed E-state index contributed by atoms with van der Waals surface area (Å²) in [6.07, 6.45) is -2.96. The van der Waals surface area contributed by atoms with E-state index in [0.29, 0.717) is 17.0 Å². The van der Waals surface area contributed by atoms with Gasteiger partial charge in [0.2, 0.25) is 5.28 Å². The highest BCUT2D eigenvalue weighted by atomic mass is 35.5. The summed E-state index contributed by atoms with van der Waals surface area (Å²) in [4.78, 5) is 14.6. The molecule has 3 rings (SSSR count). The number of imidazole rings is 1. The molecule has 3 aromatic rings. The lowest BCUT2D eigenvalue weighted by Gasteiger charge is -2.10. The molecule has 0 spiro atoms. The van der Waals surface area contributed by atoms with Crippen LogP contribution in [-0.4, -0.2) is 19.9 Å². The van der Waals surface area contributed by atoms with E-state index in [2.05, 4.69) is 25.3 Å². The van der Waals surface area contributed by atoms with Crippen LogP contribution >= 0.6 is 22.9 Å². The van der Waals surface area contributed by atoms with Crippen molar-refractivity contribution in [3.05, 3.63) is 33.5 Å². The Labute approximate surface area is 125 Å². The molecule has 0 amide bonds. The smallest absolute Gasteiger partial charge is 0.364 e. The van der Waals surface area contributed by atoms with Gasteiger partial charge in [0.1, 0.15) is 5.52 Å². The molecule has 2 N–H and O–H groups in total. The fourth-order valence-corrected chi connectivity index (χ4v) is 2.85. The van der Waals surface area contributed by atoms with Gasteiger partial charge in [0.15, 0.2) is 11.5 Å². The van der Waals surface area contributed by atoms with Gasteiger partial charge in [-0.3, -0.25) is 0 Å². The Balaban J connectivity index is 1.87. The summed E-state index contributed by atoms with van der Waals surface area (Å²) in [6, 6.07) is 0. The highest BCUT2D eigenvalue weighted by Gasteiger charge is 2.33. The second kappa shape index (κ2) is 5.15. The van der Waals surface area contributed by atoms with Crippen LogP contribution in [0.5, 0.6) is 0 Å². The van der Waals surface area contributed by atoms with Crippen molar-refractivity contribution < 1.29 is 13.2 Å². The number of aromatic amines is 1. The van der Waals surface area contributed by atoms with E-state index in [9.17, 15) is 13.2 Å². The van der Waals surface area contributed by atoms with Crippen LogP contribution in [0.1, 0.15) is 11.1 Å². The highest BCUT2D eigenvalue weighted by molar-refractivity contribution is 7.08. The molecule has 0 aliphatic rings. The number of fused-ring (bicyclic) bond motifs is 1. The predicted octanol–water partition coefficient (Wildman–Crippen LogP) is 3.70. The number of halogens is 4. The average molecular weight is 334 g/mol. The summed E-state index contributed by atoms with van der Waals surface area (Å²) in [5, 5.41) is 5.33. The lowest BCUT2D eigenvalue weighted by atomic mass is 10.2. The third kappa shape index (κ3) is 2.79. The molecule has 3 aromatic heterocycles. The van der Waals surface area contributed by atoms with Crippen LogP contribution in [0.3, 0.4) is 0 Å². The van der Waals surface area contributed by atoms with Crippen LogP contribution < -0.4 is 5.32 Å². The number of anilines is 1. The van der Waals surface area contributed by atoms with E-state index in [-0.39, 0.29) is 17.4 Å². The van der Waals surface area contributed by atoms with Gasteiger partial charge in [-0.2, -0.15) is 34.5 Å². The van der Waals surface area contributed by atoms with Gasteiger partial charge in [-0.25, -0.2) is 4.98 Å². The second-order valence-electron chi connectivity index (χ2n) is 4.10. The predicted molar refractivity (Wildman–Crippen MR) is 73.3 cm³/mol. The number of hydrogen-bond donors (Lipinski definition) is 2. The van der Waals surface area contributed by atoms with Crippen LogP contribution in [0, 0.1) is 0 Å². The number of rotatable bonds is 3. The van der Waals surface area contributed by atoms with Gasteiger partial charge in [-0.05, 0) is 22.5 Å². The first-order chi connectivity index (χ1) is 9.95. The average Bonchev–Trinajstić information content (AvgIpc) is 3.02. The maximum Gasteiger partial charge on any atom is 0.417 e. The molecule has 21 heavy (non-hydrogen) atoms. The third-order valence-corrected chi connectivity index (χ3v) is 3.71. The molecular formula is C11H7ClF3N5S. The van der Waals surface area contributed by atoms with E-state index in [4.69, 9.17) is 11.6 Å². The van der Waals surface area contributed by atoms with Crippen LogP contribution in [0.25, 0.3) is 11.2 Å². The van der Waals surface area contributed by atoms with E-state index in [1.165, 1.54) is 11.7 Å². The highest BCUT2D eigenvalue weighted by Crippen LogP contribution is 2.34. The van der Waals surface area contributed by atoms with Gasteiger partial charge in [0.05, 0.1) is 11.9 Å². The zero-order valence-electron chi connectivity index (χ0n) is 10.2. The van der Waals surface area contributed by atoms with Gasteiger partial charge < -0.3 is 10.3 Å². The Bertz CT molecular complexity index is 782. The van der Waals surface area contributed by atoms with Gasteiger partial charge in [-0.1, -0.05) is 0 Å². The Morgan fingerprint density at radius 3 is 2.86 bits per heavy atom. The molecule has 0 aliphatic carbocycles. The fraction of sp³-hybridized carbons (Fsp3) is 0.182. The standard InChI is InChI=1S/C11H7ClF3N5S/c12-10-19-8(7-9(20-10)18-4-17-7)16-1-5-2-21-3-6(5)11(13,14)15/h2-4H,1H2,(H2,16,17,18,19,20). The first-order valence-corrected chi connectivity index (χ1v) is 7.00. The molecule has 0 aromatic carbocycles. The molecule has 110 valence electrons. The van der Waals surface area contributed by atoms with Crippen LogP contribution in [0.2, 0.25) is 5.28 Å². The minimum atomic E-state index is -4.37. The lowest BCUT2D eigenvalue weighted by Crippen LogP contribution is -2.10. The van der Waals surface area contributed by atoms with Crippen LogP contribution in [0.15, 0.2) is 17.1 Å². The van der Waals surface area contributed by atoms with E-state index in [0.717, 1.165) is 16.7 Å². The topological polar surface area (TPSA) is 66.5 Å². The zero-order chi connectivity index (χ0) is 15.0. The molecule has 0 radical (unpaired) electrons. The Hall–Kier alpha value is -1.87. The summed E-state index contributed by atoms with van der Waals surface area (Å²) >= 11 is 6.75. The molecule has 3 heterocycles. The number of thiophene rings is 1. The van der Waals surface area contributed by atoms with E-state index in [1.807, 2.05) is 0 Å². The maximum absolute atomic E-state index is 12.8. The monoisotopic (exact) mass is 333 g/mol. The molecule has 0 atom stereocenters. The van der Waals surface area contributed by atoms with Crippen molar-refractivity contribution in [2.45, 2.75) is 12.7 Å². The van der Waals surface area contributed by atoms with E-state index >= 15 is 0 Å². The van der Waals surface area contributed by atoms with Crippen molar-refractivity contribution in [1.82, 2.24) is 19.9 Å². The normalized spacial score (nSPS) is 12.0. The van der Waals surface area contributed by atoms with Crippen LogP contribution in [0.4, 0.5) is 19.0 Å². The Morgan fingerprint density at radius 1 is 1.29 bits per heavy atom. The van der Waals surface area contributed by atoms with Crippen molar-refractivity contribution >= 4 is 39.9 Å². The minimum absolute atomic E-state index is 0.0280. The summed E-state index contributed by atoms with van der Waals surface area (Å²) < 4.78 is 38.4. The van der Waals surface area contributed by atoms with E-state index in [1.54, 1.807) is 0 Å². The van der Waals surface area contributed by atoms with Gasteiger partial charge in [-0.15, -0.1) is 0 Å². The summed E-state index contributed by atoms with van der Waals surface area (Å²) in [5.74, 6) is 0.307. The van der Waals surface area contributed by atoms with Gasteiger partial charge in [0, 0.05) is 11.9 Å². The molecule has 0 saturated heterocycles. The first-order valence-electron chi connectivity index (χ1n) is 5.68. The number of hydrogen-bond acceptors (Lipinski definition) is 5. The number of nitrogens with zero attached hydrogens (tertiary/aromatic N) is 3. The number of aromatic nitrogens is 4. The van der Waals surface area contributed by atoms with Crippen molar-refractivity contribution in [3.8, 4) is 0 Å². The summed E-state index contributed by atoms with van der Waals surface area (Å²) in [6.45, 7) is -0.0280. The van der Waals surface area contributed by atoms with E-state index < -0.39 is 11.7 Å². The van der Waals surface area contributed by atoms with Crippen molar-refractivity contribution in [3.63, 3.8) is 0 Å². The summed E-state index contributed by atoms with van der Waals surface area (Å²) in [5.41, 5.74) is 0.331. The molecule has 0 saturated carbocycles. The van der Waals surface area contributed by atoms with Gasteiger partial charge in [0.25, 0.3) is 0 Å². The third-order valence-electron chi connectivity index (χ3n) is 2.75. The SMILES string of the molecule is FC(F)(F)c1cscc1CNc1nc(Cl)nc2nc[nH]c12. The minimum Gasteiger partial charge on any atom is -0.364 e. The van der Waals surface area contributed by atoms with Crippen LogP contribution in [-0.2, 0) is 12.7 Å². The molecule has 0 aliphatic heterocycles. The number of H-pyrrole nitrogens is 1. The Kier molecular flexibility index (Phi) is 3.46. The molecule has 0 unspecified atom stereocenters.